The lowest BCUT2D eigenvalue weighted by molar-refractivity contribution is 0.302. The van der Waals surface area contributed by atoms with Gasteiger partial charge in [-0.1, -0.05) is 19.8 Å². The molecule has 0 unspecified atom stereocenters. The molecule has 2 rings (SSSR count). The van der Waals surface area contributed by atoms with Crippen molar-refractivity contribution in [3.63, 3.8) is 0 Å². The van der Waals surface area contributed by atoms with Crippen molar-refractivity contribution in [1.82, 2.24) is 9.97 Å². The van der Waals surface area contributed by atoms with Crippen molar-refractivity contribution >= 4 is 5.82 Å². The average Bonchev–Trinajstić information content (AvgIpc) is 2.40. The first kappa shape index (κ1) is 12.3. The van der Waals surface area contributed by atoms with Gasteiger partial charge in [0.15, 0.2) is 0 Å². The Morgan fingerprint density at radius 3 is 2.76 bits per heavy atom. The molecule has 0 radical (unpaired) electrons. The molecule has 0 aliphatic heterocycles. The van der Waals surface area contributed by atoms with Crippen molar-refractivity contribution in [3.05, 3.63) is 18.1 Å². The largest absolute Gasteiger partial charge is 0.308 e. The highest BCUT2D eigenvalue weighted by Gasteiger charge is 2.23. The quantitative estimate of drug-likeness (QED) is 0.621. The van der Waals surface area contributed by atoms with Crippen LogP contribution < -0.4 is 11.3 Å². The number of nitrogens with zero attached hydrogens (tertiary/aromatic N) is 2. The number of nitrogen functional groups attached to an aromatic ring is 1. The molecule has 1 fully saturated rings. The summed E-state index contributed by atoms with van der Waals surface area (Å²) in [6.45, 7) is 2.27. The number of nitrogens with two attached hydrogens (primary N) is 1. The number of hydrazine groups is 1. The highest BCUT2D eigenvalue weighted by atomic mass is 15.3. The molecule has 1 aromatic rings. The topological polar surface area (TPSA) is 63.8 Å². The maximum absolute atomic E-state index is 5.37. The van der Waals surface area contributed by atoms with Crippen LogP contribution in [0.25, 0.3) is 0 Å². The van der Waals surface area contributed by atoms with Gasteiger partial charge >= 0.3 is 0 Å². The Labute approximate surface area is 103 Å². The van der Waals surface area contributed by atoms with E-state index in [9.17, 15) is 0 Å². The fourth-order valence-electron chi connectivity index (χ4n) is 2.77. The molecule has 1 heterocycles. The van der Waals surface area contributed by atoms with Crippen LogP contribution in [0.1, 0.15) is 57.2 Å². The van der Waals surface area contributed by atoms with Crippen molar-refractivity contribution in [3.8, 4) is 0 Å². The smallest absolute Gasteiger partial charge is 0.143 e. The number of nitrogens with one attached hydrogen (secondary N) is 1. The predicted octanol–water partition coefficient (Wildman–Crippen LogP) is 2.84. The van der Waals surface area contributed by atoms with Gasteiger partial charge in [-0.2, -0.15) is 0 Å². The van der Waals surface area contributed by atoms with Gasteiger partial charge in [0.25, 0.3) is 0 Å². The zero-order valence-electron chi connectivity index (χ0n) is 10.5. The normalized spacial score (nSPS) is 24.6. The van der Waals surface area contributed by atoms with Crippen LogP contribution in [0.5, 0.6) is 0 Å². The molecule has 4 heteroatoms. The van der Waals surface area contributed by atoms with E-state index in [1.807, 2.05) is 0 Å². The Hall–Kier alpha value is -1.16. The molecule has 0 atom stereocenters. The van der Waals surface area contributed by atoms with E-state index in [4.69, 9.17) is 5.84 Å². The zero-order valence-corrected chi connectivity index (χ0v) is 10.5. The van der Waals surface area contributed by atoms with Crippen molar-refractivity contribution in [1.29, 1.82) is 0 Å². The van der Waals surface area contributed by atoms with Gasteiger partial charge in [0.05, 0.1) is 0 Å². The SMILES string of the molecule is CCCC1CCC(c2nccc(NN)n2)CC1. The van der Waals surface area contributed by atoms with Gasteiger partial charge in [-0.3, -0.25) is 0 Å². The van der Waals surface area contributed by atoms with Gasteiger partial charge in [-0.05, 0) is 31.6 Å². The fraction of sp³-hybridized carbons (Fsp3) is 0.692. The van der Waals surface area contributed by atoms with E-state index < -0.39 is 0 Å². The molecule has 1 aliphatic carbocycles. The molecule has 1 aromatic heterocycles. The fourth-order valence-corrected chi connectivity index (χ4v) is 2.77. The van der Waals surface area contributed by atoms with Crippen LogP contribution in [-0.2, 0) is 0 Å². The minimum Gasteiger partial charge on any atom is -0.308 e. The highest BCUT2D eigenvalue weighted by molar-refractivity contribution is 5.31. The Bertz CT molecular complexity index is 345. The lowest BCUT2D eigenvalue weighted by Gasteiger charge is -2.27. The van der Waals surface area contributed by atoms with Crippen LogP contribution in [0.3, 0.4) is 0 Å². The molecular weight excluding hydrogens is 212 g/mol. The van der Waals surface area contributed by atoms with Gasteiger partial charge in [0.1, 0.15) is 11.6 Å². The number of hydrogen-bond donors (Lipinski definition) is 2. The van der Waals surface area contributed by atoms with Crippen LogP contribution >= 0.6 is 0 Å². The summed E-state index contributed by atoms with van der Waals surface area (Å²) in [6.07, 6.45) is 9.55. The first-order valence-electron chi connectivity index (χ1n) is 6.63. The first-order chi connectivity index (χ1) is 8.33. The minimum atomic E-state index is 0.524. The van der Waals surface area contributed by atoms with Crippen molar-refractivity contribution in [2.24, 2.45) is 11.8 Å². The van der Waals surface area contributed by atoms with Gasteiger partial charge < -0.3 is 5.43 Å². The third-order valence-electron chi connectivity index (χ3n) is 3.73. The van der Waals surface area contributed by atoms with Crippen molar-refractivity contribution < 1.29 is 0 Å². The lowest BCUT2D eigenvalue weighted by atomic mass is 9.80. The third-order valence-corrected chi connectivity index (χ3v) is 3.73. The summed E-state index contributed by atoms with van der Waals surface area (Å²) in [5, 5.41) is 0. The van der Waals surface area contributed by atoms with E-state index >= 15 is 0 Å². The third kappa shape index (κ3) is 3.16. The molecule has 0 bridgehead atoms. The molecule has 4 nitrogen and oxygen atoms in total. The second-order valence-corrected chi connectivity index (χ2v) is 4.95. The summed E-state index contributed by atoms with van der Waals surface area (Å²) in [5.74, 6) is 8.48. The highest BCUT2D eigenvalue weighted by Crippen LogP contribution is 2.36. The van der Waals surface area contributed by atoms with Gasteiger partial charge in [0, 0.05) is 18.2 Å². The molecule has 1 saturated carbocycles. The Morgan fingerprint density at radius 1 is 1.35 bits per heavy atom. The average molecular weight is 234 g/mol. The summed E-state index contributed by atoms with van der Waals surface area (Å²) in [6, 6.07) is 1.80. The first-order valence-corrected chi connectivity index (χ1v) is 6.63. The summed E-state index contributed by atoms with van der Waals surface area (Å²) in [5.41, 5.74) is 2.58. The maximum Gasteiger partial charge on any atom is 0.143 e. The molecular formula is C13H22N4. The Balaban J connectivity index is 1.95. The monoisotopic (exact) mass is 234 g/mol. The zero-order chi connectivity index (χ0) is 12.1. The molecule has 0 spiro atoms. The van der Waals surface area contributed by atoms with E-state index in [1.54, 1.807) is 12.3 Å². The van der Waals surface area contributed by atoms with E-state index in [2.05, 4.69) is 22.3 Å². The van der Waals surface area contributed by atoms with Crippen LogP contribution in [0.15, 0.2) is 12.3 Å². The van der Waals surface area contributed by atoms with Gasteiger partial charge in [-0.25, -0.2) is 15.8 Å². The van der Waals surface area contributed by atoms with Crippen LogP contribution in [0.2, 0.25) is 0 Å². The van der Waals surface area contributed by atoms with Crippen LogP contribution in [-0.4, -0.2) is 9.97 Å². The van der Waals surface area contributed by atoms with Gasteiger partial charge in [-0.15, -0.1) is 0 Å². The standard InChI is InChI=1S/C13H22N4/c1-2-3-10-4-6-11(7-5-10)13-15-9-8-12(16-13)17-14/h8-11H,2-7,14H2,1H3,(H,15,16,17). The van der Waals surface area contributed by atoms with E-state index in [0.717, 1.165) is 11.7 Å². The second-order valence-electron chi connectivity index (χ2n) is 4.95. The van der Waals surface area contributed by atoms with E-state index in [0.29, 0.717) is 11.7 Å². The van der Waals surface area contributed by atoms with Crippen molar-refractivity contribution in [2.75, 3.05) is 5.43 Å². The van der Waals surface area contributed by atoms with Gasteiger partial charge in [0.2, 0.25) is 0 Å². The number of aromatic nitrogens is 2. The molecule has 1 aliphatic rings. The molecule has 0 aromatic carbocycles. The molecule has 17 heavy (non-hydrogen) atoms. The number of anilines is 1. The van der Waals surface area contributed by atoms with Crippen molar-refractivity contribution in [2.45, 2.75) is 51.4 Å². The van der Waals surface area contributed by atoms with Crippen LogP contribution in [0, 0.1) is 5.92 Å². The molecule has 0 saturated heterocycles. The summed E-state index contributed by atoms with van der Waals surface area (Å²) < 4.78 is 0. The molecule has 94 valence electrons. The molecule has 3 N–H and O–H groups in total. The summed E-state index contributed by atoms with van der Waals surface area (Å²) in [7, 11) is 0. The Kier molecular flexibility index (Phi) is 4.31. The Morgan fingerprint density at radius 2 is 2.12 bits per heavy atom. The summed E-state index contributed by atoms with van der Waals surface area (Å²) >= 11 is 0. The number of rotatable bonds is 4. The maximum atomic E-state index is 5.37. The molecule has 0 amide bonds. The summed E-state index contributed by atoms with van der Waals surface area (Å²) in [4.78, 5) is 8.81. The lowest BCUT2D eigenvalue weighted by Crippen LogP contribution is -2.16. The second kappa shape index (κ2) is 5.96. The minimum absolute atomic E-state index is 0.524. The van der Waals surface area contributed by atoms with E-state index in [1.165, 1.54) is 38.5 Å². The predicted molar refractivity (Wildman–Crippen MR) is 69.4 cm³/mol. The number of hydrogen-bond acceptors (Lipinski definition) is 4. The van der Waals surface area contributed by atoms with Crippen LogP contribution in [0.4, 0.5) is 5.82 Å². The van der Waals surface area contributed by atoms with E-state index in [-0.39, 0.29) is 0 Å².